The molecule has 2 N–H and O–H groups in total. The van der Waals surface area contributed by atoms with Crippen molar-refractivity contribution in [1.82, 2.24) is 4.90 Å². The smallest absolute Gasteiger partial charge is 0.315 e. The molecule has 0 aliphatic carbocycles. The summed E-state index contributed by atoms with van der Waals surface area (Å²) in [4.78, 5) is 12.2. The maximum atomic E-state index is 10.5. The Morgan fingerprint density at radius 2 is 2.40 bits per heavy atom. The van der Waals surface area contributed by atoms with Crippen LogP contribution in [0.5, 0.6) is 0 Å². The number of hydrogen-bond acceptors (Lipinski definition) is 1. The van der Waals surface area contributed by atoms with Crippen LogP contribution in [0.1, 0.15) is 19.8 Å². The predicted molar refractivity (Wildman–Crippen MR) is 42.2 cm³/mol. The van der Waals surface area contributed by atoms with Gasteiger partial charge in [-0.3, -0.25) is 0 Å². The summed E-state index contributed by atoms with van der Waals surface area (Å²) in [6.45, 7) is 2.92. The molecule has 1 unspecified atom stereocenters. The van der Waals surface area contributed by atoms with Gasteiger partial charge in [-0.1, -0.05) is 6.92 Å². The average Bonchev–Trinajstić information content (AvgIpc) is 1.61. The van der Waals surface area contributed by atoms with E-state index >= 15 is 0 Å². The highest BCUT2D eigenvalue weighted by molar-refractivity contribution is 5.85. The molecule has 1 heterocycles. The summed E-state index contributed by atoms with van der Waals surface area (Å²) < 4.78 is 0. The van der Waals surface area contributed by atoms with Crippen LogP contribution in [-0.4, -0.2) is 23.5 Å². The SMILES string of the molecule is CCC1CCN1C(N)=O.Cl. The Morgan fingerprint density at radius 3 is 2.50 bits per heavy atom. The molecule has 4 heteroatoms. The summed E-state index contributed by atoms with van der Waals surface area (Å²) in [6, 6.07) is 0.163. The zero-order valence-corrected chi connectivity index (χ0v) is 6.86. The van der Waals surface area contributed by atoms with Gasteiger partial charge in [0.1, 0.15) is 0 Å². The third kappa shape index (κ3) is 1.53. The molecular weight excluding hydrogens is 152 g/mol. The van der Waals surface area contributed by atoms with Gasteiger partial charge in [0.2, 0.25) is 0 Å². The van der Waals surface area contributed by atoms with Crippen molar-refractivity contribution >= 4 is 18.4 Å². The van der Waals surface area contributed by atoms with Gasteiger partial charge >= 0.3 is 6.03 Å². The number of amides is 2. The van der Waals surface area contributed by atoms with Crippen LogP contribution in [0.4, 0.5) is 4.79 Å². The van der Waals surface area contributed by atoms with E-state index in [9.17, 15) is 4.79 Å². The van der Waals surface area contributed by atoms with E-state index in [1.807, 2.05) is 0 Å². The van der Waals surface area contributed by atoms with Crippen LogP contribution in [0, 0.1) is 0 Å². The lowest BCUT2D eigenvalue weighted by Crippen LogP contribution is -2.52. The highest BCUT2D eigenvalue weighted by Crippen LogP contribution is 2.18. The van der Waals surface area contributed by atoms with Crippen molar-refractivity contribution in [1.29, 1.82) is 0 Å². The summed E-state index contributed by atoms with van der Waals surface area (Å²) in [5.74, 6) is 0. The number of likely N-dealkylation sites (tertiary alicyclic amines) is 1. The molecule has 1 aliphatic rings. The van der Waals surface area contributed by atoms with Crippen LogP contribution in [-0.2, 0) is 0 Å². The quantitative estimate of drug-likeness (QED) is 0.617. The summed E-state index contributed by atoms with van der Waals surface area (Å²) in [5, 5.41) is 0. The molecule has 1 saturated heterocycles. The van der Waals surface area contributed by atoms with Crippen LogP contribution in [0.25, 0.3) is 0 Å². The molecular formula is C6H13ClN2O. The normalized spacial score (nSPS) is 22.9. The zero-order valence-electron chi connectivity index (χ0n) is 6.04. The molecule has 0 aromatic rings. The summed E-state index contributed by atoms with van der Waals surface area (Å²) in [6.07, 6.45) is 2.16. The Balaban J connectivity index is 0.000000810. The maximum absolute atomic E-state index is 10.5. The summed E-state index contributed by atoms with van der Waals surface area (Å²) in [7, 11) is 0. The van der Waals surface area contributed by atoms with Crippen molar-refractivity contribution in [3.8, 4) is 0 Å². The first-order valence-electron chi connectivity index (χ1n) is 3.31. The Hall–Kier alpha value is -0.440. The highest BCUT2D eigenvalue weighted by atomic mass is 35.5. The van der Waals surface area contributed by atoms with Gasteiger partial charge < -0.3 is 10.6 Å². The van der Waals surface area contributed by atoms with Gasteiger partial charge in [0.05, 0.1) is 0 Å². The van der Waals surface area contributed by atoms with Gasteiger partial charge in [0.15, 0.2) is 0 Å². The second-order valence-corrected chi connectivity index (χ2v) is 2.38. The highest BCUT2D eigenvalue weighted by Gasteiger charge is 2.28. The monoisotopic (exact) mass is 164 g/mol. The first kappa shape index (κ1) is 9.56. The van der Waals surface area contributed by atoms with Crippen LogP contribution in [0.15, 0.2) is 0 Å². The molecule has 2 amide bonds. The van der Waals surface area contributed by atoms with E-state index < -0.39 is 0 Å². The minimum Gasteiger partial charge on any atom is -0.351 e. The molecule has 0 aromatic heterocycles. The Kier molecular flexibility index (Phi) is 3.50. The van der Waals surface area contributed by atoms with Crippen molar-refractivity contribution in [2.75, 3.05) is 6.54 Å². The Labute approximate surface area is 67.0 Å². The number of primary amides is 1. The number of hydrogen-bond donors (Lipinski definition) is 1. The maximum Gasteiger partial charge on any atom is 0.315 e. The van der Waals surface area contributed by atoms with Crippen molar-refractivity contribution in [2.45, 2.75) is 25.8 Å². The molecule has 60 valence electrons. The van der Waals surface area contributed by atoms with E-state index in [1.54, 1.807) is 4.90 Å². The lowest BCUT2D eigenvalue weighted by atomic mass is 10.0. The molecule has 1 atom stereocenters. The molecule has 0 radical (unpaired) electrons. The lowest BCUT2D eigenvalue weighted by Gasteiger charge is -2.39. The van der Waals surface area contributed by atoms with Crippen molar-refractivity contribution in [3.05, 3.63) is 0 Å². The van der Waals surface area contributed by atoms with Gasteiger partial charge in [-0.15, -0.1) is 12.4 Å². The van der Waals surface area contributed by atoms with Crippen molar-refractivity contribution in [2.24, 2.45) is 5.73 Å². The van der Waals surface area contributed by atoms with E-state index in [-0.39, 0.29) is 18.4 Å². The van der Waals surface area contributed by atoms with E-state index in [2.05, 4.69) is 6.92 Å². The lowest BCUT2D eigenvalue weighted by molar-refractivity contribution is 0.120. The van der Waals surface area contributed by atoms with E-state index in [1.165, 1.54) is 0 Å². The summed E-state index contributed by atoms with van der Waals surface area (Å²) in [5.41, 5.74) is 5.05. The van der Waals surface area contributed by atoms with E-state index in [0.717, 1.165) is 19.4 Å². The minimum atomic E-state index is -0.270. The van der Waals surface area contributed by atoms with Gasteiger partial charge in [-0.25, -0.2) is 4.79 Å². The van der Waals surface area contributed by atoms with E-state index in [0.29, 0.717) is 6.04 Å². The predicted octanol–water partition coefficient (Wildman–Crippen LogP) is 0.971. The fourth-order valence-electron chi connectivity index (χ4n) is 1.16. The first-order valence-corrected chi connectivity index (χ1v) is 3.31. The first-order chi connectivity index (χ1) is 4.25. The third-order valence-corrected chi connectivity index (χ3v) is 1.90. The van der Waals surface area contributed by atoms with Crippen molar-refractivity contribution < 1.29 is 4.79 Å². The largest absolute Gasteiger partial charge is 0.351 e. The Bertz CT molecular complexity index is 127. The second-order valence-electron chi connectivity index (χ2n) is 2.38. The van der Waals surface area contributed by atoms with Gasteiger partial charge in [0, 0.05) is 12.6 Å². The third-order valence-electron chi connectivity index (χ3n) is 1.90. The molecule has 0 saturated carbocycles. The fourth-order valence-corrected chi connectivity index (χ4v) is 1.16. The number of carbonyl (C=O) groups excluding carboxylic acids is 1. The number of nitrogens with two attached hydrogens (primary N) is 1. The number of nitrogens with zero attached hydrogens (tertiary/aromatic N) is 1. The molecule has 3 nitrogen and oxygen atoms in total. The van der Waals surface area contributed by atoms with E-state index in [4.69, 9.17) is 5.73 Å². The molecule has 1 fully saturated rings. The molecule has 1 aliphatic heterocycles. The Morgan fingerprint density at radius 1 is 1.80 bits per heavy atom. The van der Waals surface area contributed by atoms with Crippen LogP contribution >= 0.6 is 12.4 Å². The summed E-state index contributed by atoms with van der Waals surface area (Å²) >= 11 is 0. The van der Waals surface area contributed by atoms with Crippen LogP contribution in [0.3, 0.4) is 0 Å². The van der Waals surface area contributed by atoms with Gasteiger partial charge in [-0.05, 0) is 12.8 Å². The number of rotatable bonds is 1. The van der Waals surface area contributed by atoms with Gasteiger partial charge in [-0.2, -0.15) is 0 Å². The molecule has 0 bridgehead atoms. The van der Waals surface area contributed by atoms with Crippen molar-refractivity contribution in [3.63, 3.8) is 0 Å². The standard InChI is InChI=1S/C6H12N2O.ClH/c1-2-5-3-4-8(5)6(7)9;/h5H,2-4H2,1H3,(H2,7,9);1H. The minimum absolute atomic E-state index is 0. The number of carbonyl (C=O) groups is 1. The number of halogens is 1. The number of urea groups is 1. The average molecular weight is 165 g/mol. The molecule has 1 rings (SSSR count). The fraction of sp³-hybridized carbons (Fsp3) is 0.833. The zero-order chi connectivity index (χ0) is 6.85. The second kappa shape index (κ2) is 3.66. The molecule has 10 heavy (non-hydrogen) atoms. The topological polar surface area (TPSA) is 46.3 Å². The molecule has 0 aromatic carbocycles. The van der Waals surface area contributed by atoms with Crippen LogP contribution in [0.2, 0.25) is 0 Å². The molecule has 0 spiro atoms. The van der Waals surface area contributed by atoms with Gasteiger partial charge in [0.25, 0.3) is 0 Å². The van der Waals surface area contributed by atoms with Crippen LogP contribution < -0.4 is 5.73 Å².